The average Bonchev–Trinajstić information content (AvgIpc) is 2.36. The molecule has 0 aromatic heterocycles. The Labute approximate surface area is 62.6 Å². The van der Waals surface area contributed by atoms with Crippen LogP contribution in [0.3, 0.4) is 0 Å². The van der Waals surface area contributed by atoms with Gasteiger partial charge in [-0.15, -0.1) is 0 Å². The molecule has 1 saturated carbocycles. The van der Waals surface area contributed by atoms with E-state index in [2.05, 4.69) is 18.7 Å². The second kappa shape index (κ2) is 2.26. The van der Waals surface area contributed by atoms with Crippen molar-refractivity contribution in [1.82, 2.24) is 0 Å². The predicted molar refractivity (Wildman–Crippen MR) is 43.7 cm³/mol. The lowest BCUT2D eigenvalue weighted by Crippen LogP contribution is -2.11. The Balaban J connectivity index is 2.20. The molecule has 2 unspecified atom stereocenters. The van der Waals surface area contributed by atoms with Gasteiger partial charge in [0, 0.05) is 0 Å². The Hall–Kier alpha value is -0.520. The zero-order chi connectivity index (χ0) is 6.97. The van der Waals surface area contributed by atoms with Gasteiger partial charge in [-0.3, -0.25) is 0 Å². The summed E-state index contributed by atoms with van der Waals surface area (Å²) in [5.74, 6) is 1.81. The van der Waals surface area contributed by atoms with Crippen molar-refractivity contribution in [3.8, 4) is 0 Å². The second-order valence-corrected chi connectivity index (χ2v) is 3.51. The third-order valence-corrected chi connectivity index (χ3v) is 2.91. The van der Waals surface area contributed by atoms with Gasteiger partial charge >= 0.3 is 0 Å². The Morgan fingerprint density at radius 1 is 1.40 bits per heavy atom. The maximum atomic E-state index is 4.07. The van der Waals surface area contributed by atoms with Gasteiger partial charge in [0.2, 0.25) is 0 Å². The molecule has 0 radical (unpaired) electrons. The molecule has 2 atom stereocenters. The Morgan fingerprint density at radius 3 is 3.10 bits per heavy atom. The summed E-state index contributed by atoms with van der Waals surface area (Å²) in [6.45, 7) is 4.07. The fourth-order valence-electron chi connectivity index (χ4n) is 2.32. The first kappa shape index (κ1) is 6.21. The van der Waals surface area contributed by atoms with Crippen molar-refractivity contribution in [1.29, 1.82) is 0 Å². The van der Waals surface area contributed by atoms with Crippen LogP contribution in [0.5, 0.6) is 0 Å². The number of allylic oxidation sites excluding steroid dienone is 3. The third-order valence-electron chi connectivity index (χ3n) is 2.91. The Morgan fingerprint density at radius 2 is 2.30 bits per heavy atom. The lowest BCUT2D eigenvalue weighted by molar-refractivity contribution is 0.440. The van der Waals surface area contributed by atoms with Crippen molar-refractivity contribution in [3.05, 3.63) is 24.3 Å². The summed E-state index contributed by atoms with van der Waals surface area (Å²) >= 11 is 0. The fourth-order valence-corrected chi connectivity index (χ4v) is 2.32. The van der Waals surface area contributed by atoms with E-state index in [9.17, 15) is 0 Å². The highest BCUT2D eigenvalue weighted by molar-refractivity contribution is 5.23. The van der Waals surface area contributed by atoms with E-state index in [0.717, 1.165) is 11.8 Å². The minimum Gasteiger partial charge on any atom is -0.0956 e. The molecular formula is C10H14. The number of hydrogen-bond acceptors (Lipinski definition) is 0. The van der Waals surface area contributed by atoms with Crippen LogP contribution in [-0.4, -0.2) is 0 Å². The minimum atomic E-state index is 0.852. The Kier molecular flexibility index (Phi) is 1.40. The topological polar surface area (TPSA) is 0 Å². The quantitative estimate of drug-likeness (QED) is 0.478. The lowest BCUT2D eigenvalue weighted by Gasteiger charge is -2.22. The highest BCUT2D eigenvalue weighted by atomic mass is 14.3. The van der Waals surface area contributed by atoms with Crippen molar-refractivity contribution >= 4 is 0 Å². The van der Waals surface area contributed by atoms with Gasteiger partial charge in [0.1, 0.15) is 0 Å². The smallest absolute Gasteiger partial charge is 0.0137 e. The van der Waals surface area contributed by atoms with Crippen LogP contribution in [0, 0.1) is 11.8 Å². The molecule has 2 aliphatic rings. The first-order valence-electron chi connectivity index (χ1n) is 4.23. The fraction of sp³-hybridized carbons (Fsp3) is 0.600. The Bertz CT molecular complexity index is 176. The highest BCUT2D eigenvalue weighted by Crippen LogP contribution is 2.41. The molecule has 0 bridgehead atoms. The van der Waals surface area contributed by atoms with Gasteiger partial charge < -0.3 is 0 Å². The van der Waals surface area contributed by atoms with Gasteiger partial charge in [-0.05, 0) is 31.1 Å². The molecule has 0 heterocycles. The molecule has 1 fully saturated rings. The lowest BCUT2D eigenvalue weighted by atomic mass is 9.83. The summed E-state index contributed by atoms with van der Waals surface area (Å²) < 4.78 is 0. The molecule has 2 aliphatic carbocycles. The molecule has 0 aromatic rings. The minimum absolute atomic E-state index is 0.852. The number of rotatable bonds is 0. The zero-order valence-corrected chi connectivity index (χ0v) is 6.34. The van der Waals surface area contributed by atoms with E-state index in [0.29, 0.717) is 0 Å². The normalized spacial score (nSPS) is 38.2. The monoisotopic (exact) mass is 134 g/mol. The van der Waals surface area contributed by atoms with E-state index in [1.165, 1.54) is 31.3 Å². The van der Waals surface area contributed by atoms with Crippen molar-refractivity contribution in [2.45, 2.75) is 25.7 Å². The van der Waals surface area contributed by atoms with E-state index in [4.69, 9.17) is 0 Å². The molecule has 2 rings (SSSR count). The summed E-state index contributed by atoms with van der Waals surface area (Å²) in [4.78, 5) is 0. The number of fused-ring (bicyclic) bond motifs is 1. The maximum absolute atomic E-state index is 4.07. The second-order valence-electron chi connectivity index (χ2n) is 3.51. The van der Waals surface area contributed by atoms with Crippen LogP contribution in [-0.2, 0) is 0 Å². The molecule has 0 N–H and O–H groups in total. The predicted octanol–water partition coefficient (Wildman–Crippen LogP) is 2.92. The van der Waals surface area contributed by atoms with Gasteiger partial charge in [-0.2, -0.15) is 0 Å². The first-order valence-corrected chi connectivity index (χ1v) is 4.23. The van der Waals surface area contributed by atoms with Crippen LogP contribution in [0.25, 0.3) is 0 Å². The van der Waals surface area contributed by atoms with Crippen molar-refractivity contribution in [3.63, 3.8) is 0 Å². The summed E-state index contributed by atoms with van der Waals surface area (Å²) in [6.07, 6.45) is 10.1. The van der Waals surface area contributed by atoms with Gasteiger partial charge in [-0.25, -0.2) is 0 Å². The van der Waals surface area contributed by atoms with Crippen LogP contribution < -0.4 is 0 Å². The third kappa shape index (κ3) is 0.828. The van der Waals surface area contributed by atoms with E-state index in [1.807, 2.05) is 0 Å². The van der Waals surface area contributed by atoms with E-state index < -0.39 is 0 Å². The molecule has 0 saturated heterocycles. The first-order chi connectivity index (χ1) is 4.88. The molecule has 0 nitrogen and oxygen atoms in total. The van der Waals surface area contributed by atoms with Gasteiger partial charge in [0.25, 0.3) is 0 Å². The summed E-state index contributed by atoms with van der Waals surface area (Å²) in [6, 6.07) is 0. The van der Waals surface area contributed by atoms with E-state index in [1.54, 1.807) is 0 Å². The van der Waals surface area contributed by atoms with Gasteiger partial charge in [-0.1, -0.05) is 30.7 Å². The van der Waals surface area contributed by atoms with E-state index >= 15 is 0 Å². The molecule has 0 amide bonds. The van der Waals surface area contributed by atoms with Crippen LogP contribution in [0.1, 0.15) is 25.7 Å². The SMILES string of the molecule is C=C1C=CCC2CCCC12. The molecule has 54 valence electrons. The molecule has 0 spiro atoms. The summed E-state index contributed by atoms with van der Waals surface area (Å²) in [5.41, 5.74) is 1.38. The molecule has 0 aliphatic heterocycles. The van der Waals surface area contributed by atoms with Crippen molar-refractivity contribution in [2.24, 2.45) is 11.8 Å². The largest absolute Gasteiger partial charge is 0.0956 e. The van der Waals surface area contributed by atoms with Crippen molar-refractivity contribution < 1.29 is 0 Å². The van der Waals surface area contributed by atoms with Gasteiger partial charge in [0.15, 0.2) is 0 Å². The van der Waals surface area contributed by atoms with Crippen LogP contribution in [0.2, 0.25) is 0 Å². The number of hydrogen-bond donors (Lipinski definition) is 0. The van der Waals surface area contributed by atoms with Crippen LogP contribution >= 0.6 is 0 Å². The standard InChI is InChI=1S/C10H14/c1-8-4-2-5-9-6-3-7-10(8)9/h2,4,9-10H,1,3,5-7H2. The van der Waals surface area contributed by atoms with E-state index in [-0.39, 0.29) is 0 Å². The highest BCUT2D eigenvalue weighted by Gasteiger charge is 2.29. The molecular weight excluding hydrogens is 120 g/mol. The molecule has 10 heavy (non-hydrogen) atoms. The molecule has 0 heteroatoms. The van der Waals surface area contributed by atoms with Crippen molar-refractivity contribution in [2.75, 3.05) is 0 Å². The average molecular weight is 134 g/mol. The van der Waals surface area contributed by atoms with Gasteiger partial charge in [0.05, 0.1) is 0 Å². The zero-order valence-electron chi connectivity index (χ0n) is 6.34. The maximum Gasteiger partial charge on any atom is -0.0137 e. The summed E-state index contributed by atoms with van der Waals surface area (Å²) in [5, 5.41) is 0. The van der Waals surface area contributed by atoms with Crippen LogP contribution in [0.15, 0.2) is 24.3 Å². The molecule has 0 aromatic carbocycles. The van der Waals surface area contributed by atoms with Crippen LogP contribution in [0.4, 0.5) is 0 Å². The summed E-state index contributed by atoms with van der Waals surface area (Å²) in [7, 11) is 0.